The molecule has 0 saturated heterocycles. The molecule has 0 saturated carbocycles. The number of nitriles is 1. The number of nitrogens with one attached hydrogen (secondary N) is 1. The summed E-state index contributed by atoms with van der Waals surface area (Å²) in [5, 5.41) is 13.3. The molecule has 0 heterocycles. The smallest absolute Gasteiger partial charge is 0.0991 e. The van der Waals surface area contributed by atoms with Crippen LogP contribution in [0.5, 0.6) is 0 Å². The number of benzene rings is 2. The summed E-state index contributed by atoms with van der Waals surface area (Å²) in [7, 11) is 0. The molecular formula is C16H14Cl2N2. The Kier molecular flexibility index (Phi) is 4.89. The fraction of sp³-hybridized carbons (Fsp3) is 0.188. The molecule has 4 heteroatoms. The van der Waals surface area contributed by atoms with Crippen LogP contribution in [0.4, 0.5) is 5.69 Å². The van der Waals surface area contributed by atoms with Gasteiger partial charge in [0.15, 0.2) is 0 Å². The minimum atomic E-state index is 0.151. The Morgan fingerprint density at radius 3 is 2.35 bits per heavy atom. The average Bonchev–Trinajstić information content (AvgIpc) is 2.48. The molecule has 0 bridgehead atoms. The lowest BCUT2D eigenvalue weighted by atomic mass is 10.0. The number of nitrogens with zero attached hydrogens (tertiary/aromatic N) is 1. The third-order valence-corrected chi connectivity index (χ3v) is 3.85. The molecule has 0 amide bonds. The zero-order valence-corrected chi connectivity index (χ0v) is 12.5. The van der Waals surface area contributed by atoms with Crippen LogP contribution in [-0.2, 0) is 0 Å². The molecule has 1 unspecified atom stereocenters. The predicted octanol–water partition coefficient (Wildman–Crippen LogP) is 5.43. The van der Waals surface area contributed by atoms with Crippen LogP contribution >= 0.6 is 23.2 Å². The van der Waals surface area contributed by atoms with E-state index in [1.165, 1.54) is 0 Å². The fourth-order valence-electron chi connectivity index (χ4n) is 1.99. The molecule has 2 nitrogen and oxygen atoms in total. The van der Waals surface area contributed by atoms with Gasteiger partial charge in [0, 0.05) is 5.69 Å². The lowest BCUT2D eigenvalue weighted by Crippen LogP contribution is -2.09. The van der Waals surface area contributed by atoms with Crippen LogP contribution in [0.1, 0.15) is 30.5 Å². The Labute approximate surface area is 128 Å². The first-order chi connectivity index (χ1) is 9.63. The Morgan fingerprint density at radius 1 is 1.10 bits per heavy atom. The van der Waals surface area contributed by atoms with Gasteiger partial charge in [-0.05, 0) is 48.4 Å². The Morgan fingerprint density at radius 2 is 1.80 bits per heavy atom. The summed E-state index contributed by atoms with van der Waals surface area (Å²) in [5.41, 5.74) is 2.71. The number of anilines is 1. The Hall–Kier alpha value is -1.69. The van der Waals surface area contributed by atoms with Crippen LogP contribution in [0, 0.1) is 11.3 Å². The monoisotopic (exact) mass is 304 g/mol. The summed E-state index contributed by atoms with van der Waals surface area (Å²) in [4.78, 5) is 0. The van der Waals surface area contributed by atoms with Gasteiger partial charge >= 0.3 is 0 Å². The molecule has 2 rings (SSSR count). The van der Waals surface area contributed by atoms with Gasteiger partial charge in [-0.15, -0.1) is 0 Å². The normalized spacial score (nSPS) is 11.7. The predicted molar refractivity (Wildman–Crippen MR) is 84.3 cm³/mol. The van der Waals surface area contributed by atoms with E-state index in [1.54, 1.807) is 12.1 Å². The molecule has 2 aromatic carbocycles. The molecule has 0 aromatic heterocycles. The van der Waals surface area contributed by atoms with Gasteiger partial charge < -0.3 is 5.32 Å². The second-order valence-corrected chi connectivity index (χ2v) is 5.28. The van der Waals surface area contributed by atoms with E-state index in [0.717, 1.165) is 17.7 Å². The van der Waals surface area contributed by atoms with E-state index in [1.807, 2.05) is 30.3 Å². The van der Waals surface area contributed by atoms with Gasteiger partial charge in [-0.3, -0.25) is 0 Å². The van der Waals surface area contributed by atoms with Crippen LogP contribution in [0.2, 0.25) is 10.0 Å². The maximum atomic E-state index is 8.79. The molecule has 0 radical (unpaired) electrons. The van der Waals surface area contributed by atoms with E-state index in [9.17, 15) is 0 Å². The molecule has 1 atom stereocenters. The van der Waals surface area contributed by atoms with E-state index in [4.69, 9.17) is 28.5 Å². The van der Waals surface area contributed by atoms with Crippen molar-refractivity contribution in [2.24, 2.45) is 0 Å². The molecule has 20 heavy (non-hydrogen) atoms. The maximum Gasteiger partial charge on any atom is 0.0991 e. The van der Waals surface area contributed by atoms with Gasteiger partial charge in [-0.2, -0.15) is 5.26 Å². The lowest BCUT2D eigenvalue weighted by molar-refractivity contribution is 0.749. The van der Waals surface area contributed by atoms with Crippen molar-refractivity contribution in [3.8, 4) is 6.07 Å². The van der Waals surface area contributed by atoms with Crippen molar-refractivity contribution in [1.29, 1.82) is 5.26 Å². The molecular weight excluding hydrogens is 291 g/mol. The Bertz CT molecular complexity index is 630. The van der Waals surface area contributed by atoms with E-state index < -0.39 is 0 Å². The van der Waals surface area contributed by atoms with Crippen LogP contribution in [-0.4, -0.2) is 0 Å². The van der Waals surface area contributed by atoms with Gasteiger partial charge in [-0.25, -0.2) is 0 Å². The van der Waals surface area contributed by atoms with Crippen LogP contribution in [0.15, 0.2) is 42.5 Å². The second kappa shape index (κ2) is 6.65. The molecule has 0 aliphatic heterocycles. The highest BCUT2D eigenvalue weighted by atomic mass is 35.5. The fourth-order valence-corrected chi connectivity index (χ4v) is 2.30. The number of halogens is 2. The minimum Gasteiger partial charge on any atom is -0.378 e. The molecule has 1 N–H and O–H groups in total. The zero-order chi connectivity index (χ0) is 14.5. The van der Waals surface area contributed by atoms with E-state index in [-0.39, 0.29) is 6.04 Å². The van der Waals surface area contributed by atoms with Crippen LogP contribution in [0.3, 0.4) is 0 Å². The summed E-state index contributed by atoms with van der Waals surface area (Å²) >= 11 is 12.0. The van der Waals surface area contributed by atoms with Crippen molar-refractivity contribution in [2.45, 2.75) is 19.4 Å². The van der Waals surface area contributed by atoms with Crippen molar-refractivity contribution < 1.29 is 0 Å². The summed E-state index contributed by atoms with van der Waals surface area (Å²) in [6.07, 6.45) is 0.915. The zero-order valence-electron chi connectivity index (χ0n) is 11.0. The summed E-state index contributed by atoms with van der Waals surface area (Å²) in [6.45, 7) is 2.10. The number of hydrogen-bond acceptors (Lipinski definition) is 2. The van der Waals surface area contributed by atoms with Crippen molar-refractivity contribution in [3.63, 3.8) is 0 Å². The van der Waals surface area contributed by atoms with E-state index >= 15 is 0 Å². The molecule has 2 aromatic rings. The number of hydrogen-bond donors (Lipinski definition) is 1. The number of rotatable bonds is 4. The largest absolute Gasteiger partial charge is 0.378 e. The molecule has 102 valence electrons. The summed E-state index contributed by atoms with van der Waals surface area (Å²) < 4.78 is 0. The highest BCUT2D eigenvalue weighted by molar-refractivity contribution is 6.42. The van der Waals surface area contributed by atoms with Crippen molar-refractivity contribution in [2.75, 3.05) is 5.32 Å². The topological polar surface area (TPSA) is 35.8 Å². The quantitative estimate of drug-likeness (QED) is 0.817. The van der Waals surface area contributed by atoms with Crippen molar-refractivity contribution >= 4 is 28.9 Å². The first kappa shape index (κ1) is 14.7. The highest BCUT2D eigenvalue weighted by Crippen LogP contribution is 2.29. The molecule has 0 aliphatic carbocycles. The molecule has 0 aliphatic rings. The van der Waals surface area contributed by atoms with Gasteiger partial charge in [0.05, 0.1) is 27.7 Å². The lowest BCUT2D eigenvalue weighted by Gasteiger charge is -2.19. The second-order valence-electron chi connectivity index (χ2n) is 4.47. The van der Waals surface area contributed by atoms with Crippen molar-refractivity contribution in [1.82, 2.24) is 0 Å². The van der Waals surface area contributed by atoms with E-state index in [2.05, 4.69) is 18.3 Å². The molecule has 0 spiro atoms. The third kappa shape index (κ3) is 3.45. The third-order valence-electron chi connectivity index (χ3n) is 3.11. The van der Waals surface area contributed by atoms with Gasteiger partial charge in [0.25, 0.3) is 0 Å². The standard InChI is InChI=1S/C16H14Cl2N2/c1-2-16(12-5-8-14(17)15(18)9-12)20-13-6-3-11(10-19)4-7-13/h3-9,16,20H,2H2,1H3. The van der Waals surface area contributed by atoms with Crippen LogP contribution < -0.4 is 5.32 Å². The highest BCUT2D eigenvalue weighted by Gasteiger charge is 2.11. The minimum absolute atomic E-state index is 0.151. The SMILES string of the molecule is CCC(Nc1ccc(C#N)cc1)c1ccc(Cl)c(Cl)c1. The van der Waals surface area contributed by atoms with E-state index in [0.29, 0.717) is 15.6 Å². The van der Waals surface area contributed by atoms with Crippen molar-refractivity contribution in [3.05, 3.63) is 63.6 Å². The maximum absolute atomic E-state index is 8.79. The summed E-state index contributed by atoms with van der Waals surface area (Å²) in [5.74, 6) is 0. The van der Waals surface area contributed by atoms with Gasteiger partial charge in [0.2, 0.25) is 0 Å². The molecule has 0 fully saturated rings. The Balaban J connectivity index is 2.19. The van der Waals surface area contributed by atoms with Crippen LogP contribution in [0.25, 0.3) is 0 Å². The first-order valence-electron chi connectivity index (χ1n) is 6.35. The first-order valence-corrected chi connectivity index (χ1v) is 7.11. The summed E-state index contributed by atoms with van der Waals surface area (Å²) in [6, 6.07) is 15.3. The van der Waals surface area contributed by atoms with Gasteiger partial charge in [-0.1, -0.05) is 36.2 Å². The average molecular weight is 305 g/mol. The van der Waals surface area contributed by atoms with Gasteiger partial charge in [0.1, 0.15) is 0 Å².